The van der Waals surface area contributed by atoms with Gasteiger partial charge >= 0.3 is 5.97 Å². The van der Waals surface area contributed by atoms with Crippen molar-refractivity contribution in [3.63, 3.8) is 0 Å². The SMILES string of the molecule is CC(=O)N[C@H](Cc1ccccc1)C(=O)N1CCCC1C(=O)O. The fourth-order valence-corrected chi connectivity index (χ4v) is 2.78. The zero-order valence-electron chi connectivity index (χ0n) is 12.5. The molecule has 1 aliphatic heterocycles. The predicted octanol–water partition coefficient (Wildman–Crippen LogP) is 0.809. The summed E-state index contributed by atoms with van der Waals surface area (Å²) in [7, 11) is 0. The molecule has 2 rings (SSSR count). The number of carboxylic acid groups (broad SMARTS) is 1. The molecule has 0 aromatic heterocycles. The van der Waals surface area contributed by atoms with E-state index in [4.69, 9.17) is 0 Å². The van der Waals surface area contributed by atoms with Gasteiger partial charge in [0, 0.05) is 19.9 Å². The van der Waals surface area contributed by atoms with Crippen LogP contribution in [0.5, 0.6) is 0 Å². The Hall–Kier alpha value is -2.37. The first-order chi connectivity index (χ1) is 10.5. The number of hydrogen-bond acceptors (Lipinski definition) is 3. The summed E-state index contributed by atoms with van der Waals surface area (Å²) in [6.45, 7) is 1.77. The van der Waals surface area contributed by atoms with Crippen molar-refractivity contribution in [2.24, 2.45) is 0 Å². The average molecular weight is 304 g/mol. The second-order valence-electron chi connectivity index (χ2n) is 5.47. The maximum atomic E-state index is 12.6. The van der Waals surface area contributed by atoms with Gasteiger partial charge in [-0.25, -0.2) is 4.79 Å². The molecule has 1 aromatic rings. The van der Waals surface area contributed by atoms with Crippen LogP contribution in [0.3, 0.4) is 0 Å². The minimum absolute atomic E-state index is 0.305. The van der Waals surface area contributed by atoms with Crippen molar-refractivity contribution >= 4 is 17.8 Å². The maximum Gasteiger partial charge on any atom is 0.326 e. The highest BCUT2D eigenvalue weighted by Crippen LogP contribution is 2.19. The third kappa shape index (κ3) is 3.84. The van der Waals surface area contributed by atoms with E-state index in [-0.39, 0.29) is 11.8 Å². The topological polar surface area (TPSA) is 86.7 Å². The van der Waals surface area contributed by atoms with E-state index in [0.717, 1.165) is 5.56 Å². The number of amides is 2. The summed E-state index contributed by atoms with van der Waals surface area (Å²) in [5.41, 5.74) is 0.917. The van der Waals surface area contributed by atoms with E-state index in [0.29, 0.717) is 25.8 Å². The number of aliphatic carboxylic acids is 1. The van der Waals surface area contributed by atoms with Crippen molar-refractivity contribution in [1.82, 2.24) is 10.2 Å². The molecule has 0 radical (unpaired) electrons. The second kappa shape index (κ2) is 7.06. The van der Waals surface area contributed by atoms with Gasteiger partial charge in [0.25, 0.3) is 0 Å². The Kier molecular flexibility index (Phi) is 5.14. The molecule has 0 aliphatic carbocycles. The number of benzene rings is 1. The average Bonchev–Trinajstić information content (AvgIpc) is 2.96. The lowest BCUT2D eigenvalue weighted by Crippen LogP contribution is -2.52. The summed E-state index contributed by atoms with van der Waals surface area (Å²) in [5.74, 6) is -1.63. The molecule has 0 spiro atoms. The van der Waals surface area contributed by atoms with Gasteiger partial charge in [-0.15, -0.1) is 0 Å². The van der Waals surface area contributed by atoms with Gasteiger partial charge in [-0.2, -0.15) is 0 Å². The van der Waals surface area contributed by atoms with Gasteiger partial charge in [0.1, 0.15) is 12.1 Å². The molecule has 1 aromatic carbocycles. The maximum absolute atomic E-state index is 12.6. The Labute approximate surface area is 129 Å². The lowest BCUT2D eigenvalue weighted by Gasteiger charge is -2.27. The van der Waals surface area contributed by atoms with Crippen LogP contribution in [-0.2, 0) is 20.8 Å². The molecule has 0 saturated carbocycles. The molecule has 1 unspecified atom stereocenters. The van der Waals surface area contributed by atoms with Crippen LogP contribution in [-0.4, -0.2) is 46.4 Å². The van der Waals surface area contributed by atoms with Gasteiger partial charge in [0.05, 0.1) is 0 Å². The lowest BCUT2D eigenvalue weighted by molar-refractivity contribution is -0.149. The van der Waals surface area contributed by atoms with Crippen LogP contribution in [0.2, 0.25) is 0 Å². The second-order valence-corrected chi connectivity index (χ2v) is 5.47. The molecule has 22 heavy (non-hydrogen) atoms. The molecule has 2 amide bonds. The van der Waals surface area contributed by atoms with Crippen molar-refractivity contribution in [2.45, 2.75) is 38.3 Å². The summed E-state index contributed by atoms with van der Waals surface area (Å²) in [5, 5.41) is 11.8. The summed E-state index contributed by atoms with van der Waals surface area (Å²) in [4.78, 5) is 36.6. The van der Waals surface area contributed by atoms with E-state index in [2.05, 4.69) is 5.32 Å². The number of carbonyl (C=O) groups is 3. The van der Waals surface area contributed by atoms with Crippen molar-refractivity contribution in [3.8, 4) is 0 Å². The van der Waals surface area contributed by atoms with Gasteiger partial charge in [0.2, 0.25) is 11.8 Å². The Morgan fingerprint density at radius 3 is 2.59 bits per heavy atom. The molecule has 2 atom stereocenters. The zero-order valence-corrected chi connectivity index (χ0v) is 12.5. The molecule has 1 aliphatic rings. The van der Waals surface area contributed by atoms with Crippen LogP contribution in [0.15, 0.2) is 30.3 Å². The summed E-state index contributed by atoms with van der Waals surface area (Å²) < 4.78 is 0. The molecule has 1 heterocycles. The Morgan fingerprint density at radius 2 is 2.00 bits per heavy atom. The molecule has 2 N–H and O–H groups in total. The van der Waals surface area contributed by atoms with Crippen LogP contribution in [0, 0.1) is 0 Å². The van der Waals surface area contributed by atoms with Gasteiger partial charge in [-0.1, -0.05) is 30.3 Å². The smallest absolute Gasteiger partial charge is 0.326 e. The third-order valence-corrected chi connectivity index (χ3v) is 3.78. The van der Waals surface area contributed by atoms with E-state index < -0.39 is 18.1 Å². The monoisotopic (exact) mass is 304 g/mol. The Morgan fingerprint density at radius 1 is 1.32 bits per heavy atom. The first-order valence-corrected chi connectivity index (χ1v) is 7.33. The molecule has 1 saturated heterocycles. The van der Waals surface area contributed by atoms with Gasteiger partial charge < -0.3 is 15.3 Å². The van der Waals surface area contributed by atoms with Crippen molar-refractivity contribution in [2.75, 3.05) is 6.54 Å². The molecule has 6 nitrogen and oxygen atoms in total. The van der Waals surface area contributed by atoms with Crippen LogP contribution in [0.1, 0.15) is 25.3 Å². The lowest BCUT2D eigenvalue weighted by atomic mass is 10.0. The molecule has 118 valence electrons. The number of carbonyl (C=O) groups excluding carboxylic acids is 2. The minimum Gasteiger partial charge on any atom is -0.480 e. The summed E-state index contributed by atoms with van der Waals surface area (Å²) >= 11 is 0. The highest BCUT2D eigenvalue weighted by molar-refractivity contribution is 5.90. The fourth-order valence-electron chi connectivity index (χ4n) is 2.78. The van der Waals surface area contributed by atoms with Crippen molar-refractivity contribution in [1.29, 1.82) is 0 Å². The third-order valence-electron chi connectivity index (χ3n) is 3.78. The quantitative estimate of drug-likeness (QED) is 0.843. The van der Waals surface area contributed by atoms with Crippen molar-refractivity contribution < 1.29 is 19.5 Å². The van der Waals surface area contributed by atoms with Gasteiger partial charge in [0.15, 0.2) is 0 Å². The first kappa shape index (κ1) is 16.0. The van der Waals surface area contributed by atoms with E-state index in [9.17, 15) is 19.5 Å². The number of carboxylic acids is 1. The van der Waals surface area contributed by atoms with E-state index in [1.54, 1.807) is 0 Å². The summed E-state index contributed by atoms with van der Waals surface area (Å²) in [6.07, 6.45) is 1.47. The molecule has 6 heteroatoms. The van der Waals surface area contributed by atoms with E-state index in [1.807, 2.05) is 30.3 Å². The molecule has 1 fully saturated rings. The minimum atomic E-state index is -0.993. The molecule has 0 bridgehead atoms. The standard InChI is InChI=1S/C16H20N2O4/c1-11(19)17-13(10-12-6-3-2-4-7-12)15(20)18-9-5-8-14(18)16(21)22/h2-4,6-7,13-14H,5,8-10H2,1H3,(H,17,19)(H,21,22)/t13-,14?/m1/s1. The van der Waals surface area contributed by atoms with E-state index in [1.165, 1.54) is 11.8 Å². The highest BCUT2D eigenvalue weighted by atomic mass is 16.4. The fraction of sp³-hybridized carbons (Fsp3) is 0.438. The van der Waals surface area contributed by atoms with Gasteiger partial charge in [-0.05, 0) is 18.4 Å². The van der Waals surface area contributed by atoms with Crippen LogP contribution >= 0.6 is 0 Å². The number of nitrogens with one attached hydrogen (secondary N) is 1. The largest absolute Gasteiger partial charge is 0.480 e. The normalized spacial score (nSPS) is 18.8. The summed E-state index contributed by atoms with van der Waals surface area (Å²) in [6, 6.07) is 7.82. The number of likely N-dealkylation sites (tertiary alicyclic amines) is 1. The number of hydrogen-bond donors (Lipinski definition) is 2. The number of rotatable bonds is 5. The Bertz CT molecular complexity index is 559. The number of nitrogens with zero attached hydrogens (tertiary/aromatic N) is 1. The highest BCUT2D eigenvalue weighted by Gasteiger charge is 2.37. The van der Waals surface area contributed by atoms with Gasteiger partial charge in [-0.3, -0.25) is 9.59 Å². The Balaban J connectivity index is 2.15. The van der Waals surface area contributed by atoms with Crippen LogP contribution in [0.25, 0.3) is 0 Å². The zero-order chi connectivity index (χ0) is 16.1. The molecular formula is C16H20N2O4. The van der Waals surface area contributed by atoms with E-state index >= 15 is 0 Å². The van der Waals surface area contributed by atoms with Crippen LogP contribution in [0.4, 0.5) is 0 Å². The predicted molar refractivity (Wildman–Crippen MR) is 80.1 cm³/mol. The first-order valence-electron chi connectivity index (χ1n) is 7.33. The van der Waals surface area contributed by atoms with Crippen molar-refractivity contribution in [3.05, 3.63) is 35.9 Å². The van der Waals surface area contributed by atoms with Crippen LogP contribution < -0.4 is 5.32 Å². The molecular weight excluding hydrogens is 284 g/mol.